The van der Waals surface area contributed by atoms with Crippen LogP contribution in [-0.2, 0) is 18.9 Å². The van der Waals surface area contributed by atoms with Gasteiger partial charge in [0.15, 0.2) is 25.2 Å². The van der Waals surface area contributed by atoms with Crippen LogP contribution < -0.4 is 0 Å². The Bertz CT molecular complexity index is 727. The third-order valence-electron chi connectivity index (χ3n) is 3.55. The Morgan fingerprint density at radius 3 is 1.27 bits per heavy atom. The molecule has 2 rings (SSSR count). The van der Waals surface area contributed by atoms with E-state index in [1.54, 1.807) is 0 Å². The number of methoxy groups -OCH3 is 4. The van der Waals surface area contributed by atoms with Gasteiger partial charge in [0.2, 0.25) is 0 Å². The number of carbonyl (C=O) groups is 2. The highest BCUT2D eigenvalue weighted by Gasteiger charge is 2.30. The monoisotopic (exact) mass is 526 g/mol. The van der Waals surface area contributed by atoms with Crippen molar-refractivity contribution in [2.75, 3.05) is 28.4 Å². The summed E-state index contributed by atoms with van der Waals surface area (Å²) < 4.78 is 22.5. The van der Waals surface area contributed by atoms with E-state index in [1.807, 2.05) is 0 Å². The minimum absolute atomic E-state index is 0.450. The summed E-state index contributed by atoms with van der Waals surface area (Å²) in [5, 5.41) is 0. The SMILES string of the molecule is COC(OC)c1sc(C=O)c(-c2c(C=O)sc(C(OC)OC)c2Br)c1Br. The van der Waals surface area contributed by atoms with Crippen molar-refractivity contribution in [1.29, 1.82) is 0 Å². The molecule has 0 saturated carbocycles. The zero-order chi connectivity index (χ0) is 19.4. The molecule has 0 saturated heterocycles. The number of thiophene rings is 2. The summed E-state index contributed by atoms with van der Waals surface area (Å²) in [4.78, 5) is 25.7. The Balaban J connectivity index is 2.76. The molecular weight excluding hydrogens is 512 g/mol. The molecule has 2 heterocycles. The van der Waals surface area contributed by atoms with Crippen molar-refractivity contribution in [3.8, 4) is 11.1 Å². The number of aldehydes is 2. The molecule has 0 atom stereocenters. The van der Waals surface area contributed by atoms with Crippen molar-refractivity contribution in [3.63, 3.8) is 0 Å². The molecule has 0 bridgehead atoms. The maximum Gasteiger partial charge on any atom is 0.193 e. The number of rotatable bonds is 9. The second kappa shape index (κ2) is 9.65. The first kappa shape index (κ1) is 21.8. The van der Waals surface area contributed by atoms with Gasteiger partial charge in [-0.25, -0.2) is 0 Å². The van der Waals surface area contributed by atoms with Crippen molar-refractivity contribution in [1.82, 2.24) is 0 Å². The standard InChI is InChI=1S/C16H16Br2O6S2/c1-21-15(22-2)13-11(17)9(7(5-19)25-13)10-8(6-20)26-14(12(10)18)16(23-3)24-4/h5-6,15-16H,1-4H3. The maximum atomic E-state index is 11.7. The summed E-state index contributed by atoms with van der Waals surface area (Å²) in [7, 11) is 6.05. The van der Waals surface area contributed by atoms with Crippen LogP contribution in [0.2, 0.25) is 0 Å². The third kappa shape index (κ3) is 3.88. The van der Waals surface area contributed by atoms with E-state index < -0.39 is 12.6 Å². The average molecular weight is 528 g/mol. The molecule has 0 aliphatic carbocycles. The Morgan fingerprint density at radius 1 is 0.731 bits per heavy atom. The van der Waals surface area contributed by atoms with Gasteiger partial charge in [-0.2, -0.15) is 0 Å². The molecule has 0 unspecified atom stereocenters. The van der Waals surface area contributed by atoms with Crippen molar-refractivity contribution in [3.05, 3.63) is 28.5 Å². The van der Waals surface area contributed by atoms with Gasteiger partial charge in [-0.3, -0.25) is 9.59 Å². The first-order valence-electron chi connectivity index (χ1n) is 7.15. The van der Waals surface area contributed by atoms with E-state index in [2.05, 4.69) is 31.9 Å². The Labute approximate surface area is 175 Å². The second-order valence-corrected chi connectivity index (χ2v) is 8.64. The lowest BCUT2D eigenvalue weighted by molar-refractivity contribution is -0.104. The lowest BCUT2D eigenvalue weighted by Crippen LogP contribution is -2.02. The fourth-order valence-corrected chi connectivity index (χ4v) is 6.54. The van der Waals surface area contributed by atoms with Crippen LogP contribution in [0.5, 0.6) is 0 Å². The molecule has 0 spiro atoms. The fraction of sp³-hybridized carbons (Fsp3) is 0.375. The summed E-state index contributed by atoms with van der Waals surface area (Å²) >= 11 is 9.54. The smallest absolute Gasteiger partial charge is 0.193 e. The van der Waals surface area contributed by atoms with Crippen molar-refractivity contribution < 1.29 is 28.5 Å². The van der Waals surface area contributed by atoms with Gasteiger partial charge in [0.1, 0.15) is 0 Å². The van der Waals surface area contributed by atoms with Crippen LogP contribution in [0.4, 0.5) is 0 Å². The quantitative estimate of drug-likeness (QED) is 0.329. The Hall–Kier alpha value is -0.460. The minimum Gasteiger partial charge on any atom is -0.351 e. The summed E-state index contributed by atoms with van der Waals surface area (Å²) in [6.07, 6.45) is 0.228. The number of halogens is 2. The first-order chi connectivity index (χ1) is 12.5. The van der Waals surface area contributed by atoms with Gasteiger partial charge >= 0.3 is 0 Å². The summed E-state index contributed by atoms with van der Waals surface area (Å²) in [5.41, 5.74) is 1.20. The van der Waals surface area contributed by atoms with E-state index in [0.717, 1.165) is 12.6 Å². The number of hydrogen-bond acceptors (Lipinski definition) is 8. The molecule has 6 nitrogen and oxygen atoms in total. The van der Waals surface area contributed by atoms with Crippen LogP contribution >= 0.6 is 54.5 Å². The van der Waals surface area contributed by atoms with Gasteiger partial charge in [0, 0.05) is 48.5 Å². The molecule has 2 aromatic rings. The van der Waals surface area contributed by atoms with Crippen molar-refractivity contribution >= 4 is 67.1 Å². The molecule has 26 heavy (non-hydrogen) atoms. The highest BCUT2D eigenvalue weighted by atomic mass is 79.9. The van der Waals surface area contributed by atoms with Crippen LogP contribution in [0.25, 0.3) is 11.1 Å². The molecule has 0 N–H and O–H groups in total. The van der Waals surface area contributed by atoms with Crippen LogP contribution in [0, 0.1) is 0 Å². The van der Waals surface area contributed by atoms with Gasteiger partial charge < -0.3 is 18.9 Å². The fourth-order valence-electron chi connectivity index (χ4n) is 2.45. The first-order valence-corrected chi connectivity index (χ1v) is 10.4. The van der Waals surface area contributed by atoms with Crippen LogP contribution in [0.1, 0.15) is 41.7 Å². The lowest BCUT2D eigenvalue weighted by atomic mass is 10.1. The number of ether oxygens (including phenoxy) is 4. The zero-order valence-corrected chi connectivity index (χ0v) is 19.1. The molecule has 0 radical (unpaired) electrons. The van der Waals surface area contributed by atoms with Crippen molar-refractivity contribution in [2.24, 2.45) is 0 Å². The van der Waals surface area contributed by atoms with E-state index >= 15 is 0 Å². The molecule has 0 aromatic carbocycles. The van der Waals surface area contributed by atoms with Crippen molar-refractivity contribution in [2.45, 2.75) is 12.6 Å². The van der Waals surface area contributed by atoms with Gasteiger partial charge in [-0.15, -0.1) is 22.7 Å². The summed E-state index contributed by atoms with van der Waals surface area (Å²) in [6, 6.07) is 0. The Kier molecular flexibility index (Phi) is 8.10. The molecular formula is C16H16Br2O6S2. The molecule has 0 fully saturated rings. The van der Waals surface area contributed by atoms with Crippen LogP contribution in [-0.4, -0.2) is 41.0 Å². The zero-order valence-electron chi connectivity index (χ0n) is 14.3. The second-order valence-electron chi connectivity index (χ2n) is 4.88. The van der Waals surface area contributed by atoms with E-state index in [-0.39, 0.29) is 0 Å². The van der Waals surface area contributed by atoms with E-state index in [4.69, 9.17) is 18.9 Å². The lowest BCUT2D eigenvalue weighted by Gasteiger charge is -2.13. The van der Waals surface area contributed by atoms with Gasteiger partial charge in [0.25, 0.3) is 0 Å². The normalized spacial score (nSPS) is 11.5. The number of hydrogen-bond donors (Lipinski definition) is 0. The summed E-state index contributed by atoms with van der Waals surface area (Å²) in [5.74, 6) is 0. The maximum absolute atomic E-state index is 11.7. The molecule has 0 aliphatic heterocycles. The Morgan fingerprint density at radius 2 is 1.04 bits per heavy atom. The highest BCUT2D eigenvalue weighted by Crippen LogP contribution is 2.50. The molecule has 142 valence electrons. The third-order valence-corrected chi connectivity index (χ3v) is 8.00. The molecule has 0 aliphatic rings. The van der Waals surface area contributed by atoms with Gasteiger partial charge in [-0.05, 0) is 31.9 Å². The highest BCUT2D eigenvalue weighted by molar-refractivity contribution is 9.11. The van der Waals surface area contributed by atoms with Gasteiger partial charge in [0.05, 0.1) is 19.5 Å². The van der Waals surface area contributed by atoms with E-state index in [0.29, 0.717) is 39.6 Å². The largest absolute Gasteiger partial charge is 0.351 e. The van der Waals surface area contributed by atoms with Gasteiger partial charge in [-0.1, -0.05) is 0 Å². The minimum atomic E-state index is -0.635. The summed E-state index contributed by atoms with van der Waals surface area (Å²) in [6.45, 7) is 0. The molecule has 10 heteroatoms. The van der Waals surface area contributed by atoms with E-state index in [1.165, 1.54) is 51.1 Å². The molecule has 0 amide bonds. The predicted octanol–water partition coefficient (Wildman–Crippen LogP) is 5.21. The van der Waals surface area contributed by atoms with E-state index in [9.17, 15) is 9.59 Å². The molecule has 2 aromatic heterocycles. The number of carbonyl (C=O) groups excluding carboxylic acids is 2. The average Bonchev–Trinajstić information content (AvgIpc) is 3.14. The van der Waals surface area contributed by atoms with Crippen LogP contribution in [0.3, 0.4) is 0 Å². The topological polar surface area (TPSA) is 71.1 Å². The predicted molar refractivity (Wildman–Crippen MR) is 107 cm³/mol. The van der Waals surface area contributed by atoms with Crippen LogP contribution in [0.15, 0.2) is 8.95 Å².